The van der Waals surface area contributed by atoms with Crippen molar-refractivity contribution in [2.24, 2.45) is 0 Å². The lowest BCUT2D eigenvalue weighted by Gasteiger charge is -2.09. The Bertz CT molecular complexity index is 895. The van der Waals surface area contributed by atoms with Crippen molar-refractivity contribution < 1.29 is 14.1 Å². The molecule has 3 aromatic rings. The van der Waals surface area contributed by atoms with Crippen LogP contribution < -0.4 is 5.32 Å². The Labute approximate surface area is 156 Å². The van der Waals surface area contributed by atoms with Gasteiger partial charge in [0.2, 0.25) is 0 Å². The van der Waals surface area contributed by atoms with Crippen LogP contribution in [0.15, 0.2) is 58.2 Å². The van der Waals surface area contributed by atoms with Crippen LogP contribution >= 0.6 is 11.8 Å². The van der Waals surface area contributed by atoms with Crippen molar-refractivity contribution >= 4 is 23.4 Å². The zero-order valence-corrected chi connectivity index (χ0v) is 15.4. The standard InChI is InChI=1S/C19H19N3O3S/c1-13-9-16(22-25-13)12-26-19-17(7-4-8-20-19)18(23)21-15-6-3-5-14(10-15)11-24-2/h3-10H,11-12H2,1-2H3,(H,21,23). The van der Waals surface area contributed by atoms with Gasteiger partial charge in [-0.05, 0) is 36.8 Å². The molecule has 0 radical (unpaired) electrons. The van der Waals surface area contributed by atoms with E-state index in [1.165, 1.54) is 11.8 Å². The van der Waals surface area contributed by atoms with Crippen LogP contribution in [0, 0.1) is 6.92 Å². The molecule has 0 bridgehead atoms. The topological polar surface area (TPSA) is 77.2 Å². The van der Waals surface area contributed by atoms with Crippen LogP contribution in [-0.2, 0) is 17.1 Å². The summed E-state index contributed by atoms with van der Waals surface area (Å²) < 4.78 is 10.2. The molecule has 0 aliphatic rings. The van der Waals surface area contributed by atoms with Crippen LogP contribution in [0.4, 0.5) is 5.69 Å². The lowest BCUT2D eigenvalue weighted by molar-refractivity contribution is 0.102. The van der Waals surface area contributed by atoms with Gasteiger partial charge in [-0.15, -0.1) is 0 Å². The third-order valence-corrected chi connectivity index (χ3v) is 4.58. The predicted octanol–water partition coefficient (Wildman–Crippen LogP) is 4.07. The van der Waals surface area contributed by atoms with Gasteiger partial charge in [-0.2, -0.15) is 0 Å². The monoisotopic (exact) mass is 369 g/mol. The molecule has 0 aliphatic heterocycles. The first kappa shape index (κ1) is 18.2. The molecule has 0 saturated carbocycles. The molecular weight excluding hydrogens is 350 g/mol. The van der Waals surface area contributed by atoms with E-state index < -0.39 is 0 Å². The second kappa shape index (κ2) is 8.64. The van der Waals surface area contributed by atoms with E-state index in [4.69, 9.17) is 9.26 Å². The number of anilines is 1. The molecule has 2 aromatic heterocycles. The quantitative estimate of drug-likeness (QED) is 0.633. The Balaban J connectivity index is 1.72. The van der Waals surface area contributed by atoms with E-state index in [2.05, 4.69) is 15.5 Å². The molecule has 7 heteroatoms. The number of hydrogen-bond acceptors (Lipinski definition) is 6. The summed E-state index contributed by atoms with van der Waals surface area (Å²) in [6, 6.07) is 13.0. The number of aromatic nitrogens is 2. The van der Waals surface area contributed by atoms with Gasteiger partial charge in [-0.1, -0.05) is 29.1 Å². The number of rotatable bonds is 7. The molecule has 1 aromatic carbocycles. The maximum Gasteiger partial charge on any atom is 0.258 e. The van der Waals surface area contributed by atoms with Crippen LogP contribution in [0.2, 0.25) is 0 Å². The molecule has 1 N–H and O–H groups in total. The SMILES string of the molecule is COCc1cccc(NC(=O)c2cccnc2SCc2cc(C)on2)c1. The van der Waals surface area contributed by atoms with E-state index >= 15 is 0 Å². The summed E-state index contributed by atoms with van der Waals surface area (Å²) >= 11 is 1.45. The van der Waals surface area contributed by atoms with E-state index in [1.54, 1.807) is 25.4 Å². The average Bonchev–Trinajstić information content (AvgIpc) is 3.06. The van der Waals surface area contributed by atoms with Crippen molar-refractivity contribution in [3.63, 3.8) is 0 Å². The summed E-state index contributed by atoms with van der Waals surface area (Å²) in [6.07, 6.45) is 1.67. The first-order chi connectivity index (χ1) is 12.7. The third kappa shape index (κ3) is 4.71. The molecule has 134 valence electrons. The Morgan fingerprint density at radius 2 is 2.15 bits per heavy atom. The Kier molecular flexibility index (Phi) is 6.04. The smallest absolute Gasteiger partial charge is 0.258 e. The number of methoxy groups -OCH3 is 1. The maximum absolute atomic E-state index is 12.7. The number of carbonyl (C=O) groups is 1. The van der Waals surface area contributed by atoms with Crippen molar-refractivity contribution in [3.05, 3.63) is 71.2 Å². The number of hydrogen-bond donors (Lipinski definition) is 1. The lowest BCUT2D eigenvalue weighted by atomic mass is 10.2. The lowest BCUT2D eigenvalue weighted by Crippen LogP contribution is -2.13. The molecule has 0 atom stereocenters. The minimum Gasteiger partial charge on any atom is -0.380 e. The summed E-state index contributed by atoms with van der Waals surface area (Å²) in [5, 5.41) is 7.53. The number of ether oxygens (including phenoxy) is 1. The molecular formula is C19H19N3O3S. The zero-order chi connectivity index (χ0) is 18.4. The highest BCUT2D eigenvalue weighted by Crippen LogP contribution is 2.25. The first-order valence-electron chi connectivity index (χ1n) is 8.05. The minimum absolute atomic E-state index is 0.202. The van der Waals surface area contributed by atoms with E-state index in [-0.39, 0.29) is 5.91 Å². The summed E-state index contributed by atoms with van der Waals surface area (Å²) in [5.74, 6) is 1.14. The largest absolute Gasteiger partial charge is 0.380 e. The molecule has 0 spiro atoms. The van der Waals surface area contributed by atoms with Crippen LogP contribution in [0.25, 0.3) is 0 Å². The second-order valence-electron chi connectivity index (χ2n) is 5.66. The highest BCUT2D eigenvalue weighted by Gasteiger charge is 2.14. The summed E-state index contributed by atoms with van der Waals surface area (Å²) in [4.78, 5) is 17.0. The van der Waals surface area contributed by atoms with E-state index in [0.29, 0.717) is 22.9 Å². The maximum atomic E-state index is 12.7. The fourth-order valence-corrected chi connectivity index (χ4v) is 3.28. The summed E-state index contributed by atoms with van der Waals surface area (Å²) in [7, 11) is 1.64. The highest BCUT2D eigenvalue weighted by atomic mass is 32.2. The number of pyridine rings is 1. The first-order valence-corrected chi connectivity index (χ1v) is 9.03. The Hall–Kier alpha value is -2.64. The van der Waals surface area contributed by atoms with Crippen molar-refractivity contribution in [1.82, 2.24) is 10.1 Å². The third-order valence-electron chi connectivity index (χ3n) is 3.55. The minimum atomic E-state index is -0.202. The molecule has 0 saturated heterocycles. The highest BCUT2D eigenvalue weighted by molar-refractivity contribution is 7.98. The van der Waals surface area contributed by atoms with Crippen molar-refractivity contribution in [1.29, 1.82) is 0 Å². The predicted molar refractivity (Wildman–Crippen MR) is 100 cm³/mol. The van der Waals surface area contributed by atoms with Gasteiger partial charge in [-0.25, -0.2) is 4.98 Å². The number of nitrogens with zero attached hydrogens (tertiary/aromatic N) is 2. The molecule has 1 amide bonds. The summed E-state index contributed by atoms with van der Waals surface area (Å²) in [5.41, 5.74) is 3.05. The normalized spacial score (nSPS) is 10.7. The Morgan fingerprint density at radius 1 is 1.27 bits per heavy atom. The molecule has 6 nitrogen and oxygen atoms in total. The van der Waals surface area contributed by atoms with E-state index in [0.717, 1.165) is 22.7 Å². The van der Waals surface area contributed by atoms with Gasteiger partial charge in [0, 0.05) is 30.8 Å². The number of benzene rings is 1. The van der Waals surface area contributed by atoms with Gasteiger partial charge in [0.05, 0.1) is 17.9 Å². The average molecular weight is 369 g/mol. The van der Waals surface area contributed by atoms with Crippen LogP contribution in [0.5, 0.6) is 0 Å². The number of aryl methyl sites for hydroxylation is 1. The molecule has 0 aliphatic carbocycles. The summed E-state index contributed by atoms with van der Waals surface area (Å²) in [6.45, 7) is 2.34. The zero-order valence-electron chi connectivity index (χ0n) is 14.6. The van der Waals surface area contributed by atoms with Crippen LogP contribution in [-0.4, -0.2) is 23.2 Å². The van der Waals surface area contributed by atoms with Gasteiger partial charge in [-0.3, -0.25) is 4.79 Å². The Morgan fingerprint density at radius 3 is 2.92 bits per heavy atom. The molecule has 3 rings (SSSR count). The number of thioether (sulfide) groups is 1. The molecule has 0 fully saturated rings. The molecule has 26 heavy (non-hydrogen) atoms. The van der Waals surface area contributed by atoms with Gasteiger partial charge < -0.3 is 14.6 Å². The van der Waals surface area contributed by atoms with Crippen molar-refractivity contribution in [2.45, 2.75) is 24.3 Å². The molecule has 0 unspecified atom stereocenters. The second-order valence-corrected chi connectivity index (χ2v) is 6.63. The van der Waals surface area contributed by atoms with Crippen molar-refractivity contribution in [3.8, 4) is 0 Å². The molecule has 2 heterocycles. The van der Waals surface area contributed by atoms with Crippen molar-refractivity contribution in [2.75, 3.05) is 12.4 Å². The number of amides is 1. The van der Waals surface area contributed by atoms with Gasteiger partial charge in [0.25, 0.3) is 5.91 Å². The fourth-order valence-electron chi connectivity index (χ4n) is 2.41. The number of carbonyl (C=O) groups excluding carboxylic acids is 1. The van der Waals surface area contributed by atoms with Gasteiger partial charge in [0.15, 0.2) is 0 Å². The fraction of sp³-hybridized carbons (Fsp3) is 0.211. The van der Waals surface area contributed by atoms with Gasteiger partial charge >= 0.3 is 0 Å². The van der Waals surface area contributed by atoms with Crippen LogP contribution in [0.3, 0.4) is 0 Å². The van der Waals surface area contributed by atoms with E-state index in [1.807, 2.05) is 37.3 Å². The van der Waals surface area contributed by atoms with E-state index in [9.17, 15) is 4.79 Å². The van der Waals surface area contributed by atoms with Crippen LogP contribution in [0.1, 0.15) is 27.4 Å². The van der Waals surface area contributed by atoms with Gasteiger partial charge in [0.1, 0.15) is 10.8 Å². The number of nitrogens with one attached hydrogen (secondary N) is 1.